The lowest BCUT2D eigenvalue weighted by Crippen LogP contribution is -2.58. The van der Waals surface area contributed by atoms with Gasteiger partial charge in [0.1, 0.15) is 6.10 Å². The monoisotopic (exact) mass is 458 g/mol. The van der Waals surface area contributed by atoms with Crippen molar-refractivity contribution in [2.75, 3.05) is 27.2 Å². The number of carbonyl (C=O) groups excluding carboxylic acids is 1. The van der Waals surface area contributed by atoms with Crippen molar-refractivity contribution >= 4 is 17.5 Å². The number of aryl methyl sites for hydroxylation is 2. The number of rotatable bonds is 5. The van der Waals surface area contributed by atoms with E-state index in [9.17, 15) is 4.79 Å². The molecule has 2 fully saturated rings. The molecule has 0 N–H and O–H groups in total. The summed E-state index contributed by atoms with van der Waals surface area (Å²) < 4.78 is 8.04. The molecule has 174 valence electrons. The Labute approximate surface area is 196 Å². The number of halogens is 1. The molecule has 0 spiro atoms. The van der Waals surface area contributed by atoms with Crippen LogP contribution in [0.4, 0.5) is 0 Å². The predicted molar refractivity (Wildman–Crippen MR) is 127 cm³/mol. The van der Waals surface area contributed by atoms with Crippen molar-refractivity contribution in [3.05, 3.63) is 52.3 Å². The molecule has 2 aliphatic rings. The lowest BCUT2D eigenvalue weighted by molar-refractivity contribution is -0.153. The molecule has 1 aromatic carbocycles. The number of carbonyl (C=O) groups is 1. The number of likely N-dealkylation sites (N-methyl/N-ethyl adjacent to an activating group) is 1. The van der Waals surface area contributed by atoms with Gasteiger partial charge in [0.05, 0.1) is 12.3 Å². The van der Waals surface area contributed by atoms with Crippen LogP contribution in [0.15, 0.2) is 30.3 Å². The van der Waals surface area contributed by atoms with Crippen molar-refractivity contribution in [3.63, 3.8) is 0 Å². The average Bonchev–Trinajstić information content (AvgIpc) is 3.13. The minimum Gasteiger partial charge on any atom is -0.365 e. The number of morpholine rings is 1. The summed E-state index contributed by atoms with van der Waals surface area (Å²) >= 11 is 6.08. The number of benzene rings is 1. The zero-order valence-corrected chi connectivity index (χ0v) is 20.4. The van der Waals surface area contributed by atoms with Crippen molar-refractivity contribution in [2.45, 2.75) is 63.1 Å². The van der Waals surface area contributed by atoms with Crippen molar-refractivity contribution in [3.8, 4) is 0 Å². The maximum atomic E-state index is 12.6. The highest BCUT2D eigenvalue weighted by Gasteiger charge is 2.38. The molecule has 1 saturated heterocycles. The van der Waals surface area contributed by atoms with E-state index in [1.54, 1.807) is 19.0 Å². The van der Waals surface area contributed by atoms with Gasteiger partial charge in [0.25, 0.3) is 5.91 Å². The lowest BCUT2D eigenvalue weighted by Gasteiger charge is -2.46. The van der Waals surface area contributed by atoms with Gasteiger partial charge in [-0.15, -0.1) is 0 Å². The summed E-state index contributed by atoms with van der Waals surface area (Å²) in [5.41, 5.74) is 3.69. The second-order valence-electron chi connectivity index (χ2n) is 9.58. The molecule has 6 nitrogen and oxygen atoms in total. The molecule has 0 bridgehead atoms. The highest BCUT2D eigenvalue weighted by Crippen LogP contribution is 2.36. The molecule has 4 rings (SSSR count). The molecule has 2 heterocycles. The van der Waals surface area contributed by atoms with Gasteiger partial charge in [-0.25, -0.2) is 0 Å². The van der Waals surface area contributed by atoms with Gasteiger partial charge in [-0.1, -0.05) is 23.7 Å². The molecule has 1 amide bonds. The summed E-state index contributed by atoms with van der Waals surface area (Å²) in [4.78, 5) is 16.9. The van der Waals surface area contributed by atoms with E-state index in [4.69, 9.17) is 21.4 Å². The highest BCUT2D eigenvalue weighted by molar-refractivity contribution is 6.30. The van der Waals surface area contributed by atoms with Crippen molar-refractivity contribution in [1.29, 1.82) is 0 Å². The molecule has 1 aliphatic carbocycles. The maximum Gasteiger partial charge on any atom is 0.252 e. The summed E-state index contributed by atoms with van der Waals surface area (Å²) in [5.74, 6) is 0.582. The molecule has 1 aliphatic heterocycles. The fourth-order valence-electron chi connectivity index (χ4n) is 5.16. The molecule has 2 atom stereocenters. The number of nitrogens with zero attached hydrogens (tertiary/aromatic N) is 4. The second-order valence-corrected chi connectivity index (χ2v) is 10.0. The van der Waals surface area contributed by atoms with E-state index in [0.717, 1.165) is 37.1 Å². The third-order valence-corrected chi connectivity index (χ3v) is 7.40. The van der Waals surface area contributed by atoms with Crippen LogP contribution in [0.3, 0.4) is 0 Å². The Morgan fingerprint density at radius 3 is 2.47 bits per heavy atom. The Kier molecular flexibility index (Phi) is 7.23. The Balaban J connectivity index is 1.46. The minimum absolute atomic E-state index is 0.0533. The smallest absolute Gasteiger partial charge is 0.252 e. The van der Waals surface area contributed by atoms with Crippen molar-refractivity contribution < 1.29 is 9.53 Å². The van der Waals surface area contributed by atoms with E-state index in [0.29, 0.717) is 25.1 Å². The van der Waals surface area contributed by atoms with Crippen molar-refractivity contribution in [2.24, 2.45) is 7.05 Å². The van der Waals surface area contributed by atoms with Gasteiger partial charge in [-0.05, 0) is 62.8 Å². The van der Waals surface area contributed by atoms with E-state index in [-0.39, 0.29) is 18.1 Å². The number of aromatic nitrogens is 2. The summed E-state index contributed by atoms with van der Waals surface area (Å²) in [5, 5.41) is 5.48. The molecule has 2 aromatic rings. The second kappa shape index (κ2) is 9.94. The van der Waals surface area contributed by atoms with Crippen LogP contribution in [0.25, 0.3) is 0 Å². The first-order valence-corrected chi connectivity index (χ1v) is 12.0. The normalized spacial score (nSPS) is 26.8. The van der Waals surface area contributed by atoms with E-state index in [2.05, 4.69) is 30.0 Å². The largest absolute Gasteiger partial charge is 0.365 e. The lowest BCUT2D eigenvalue weighted by atomic mass is 9.82. The summed E-state index contributed by atoms with van der Waals surface area (Å²) in [6.45, 7) is 3.35. The van der Waals surface area contributed by atoms with Crippen LogP contribution < -0.4 is 0 Å². The third kappa shape index (κ3) is 5.19. The molecule has 1 aromatic heterocycles. The topological polar surface area (TPSA) is 50.6 Å². The molecule has 0 radical (unpaired) electrons. The van der Waals surface area contributed by atoms with Crippen LogP contribution in [0.2, 0.25) is 5.02 Å². The SMILES string of the molecule is Cc1cc(C2CCC(N3C[C@H](C(=O)N(C)C)OC[C@@H]3Cc3ccc(Cl)cc3)CC2)nn1C. The fraction of sp³-hybridized carbons (Fsp3) is 0.600. The number of hydrogen-bond acceptors (Lipinski definition) is 4. The Bertz CT molecular complexity index is 899. The van der Waals surface area contributed by atoms with Crippen LogP contribution in [0.5, 0.6) is 0 Å². The summed E-state index contributed by atoms with van der Waals surface area (Å²) in [6.07, 6.45) is 5.04. The quantitative estimate of drug-likeness (QED) is 0.683. The van der Waals surface area contributed by atoms with Crippen LogP contribution in [0.1, 0.15) is 48.6 Å². The Hall–Kier alpha value is -1.89. The van der Waals surface area contributed by atoms with Crippen LogP contribution in [0, 0.1) is 6.92 Å². The molecule has 7 heteroatoms. The first-order valence-electron chi connectivity index (χ1n) is 11.6. The van der Waals surface area contributed by atoms with E-state index >= 15 is 0 Å². The summed E-state index contributed by atoms with van der Waals surface area (Å²) in [6, 6.07) is 11.0. The first-order chi connectivity index (χ1) is 15.3. The van der Waals surface area contributed by atoms with Crippen LogP contribution in [-0.4, -0.2) is 70.9 Å². The molecule has 1 saturated carbocycles. The van der Waals surface area contributed by atoms with E-state index in [1.807, 2.05) is 23.9 Å². The Morgan fingerprint density at radius 1 is 1.19 bits per heavy atom. The molecular weight excluding hydrogens is 424 g/mol. The number of ether oxygens (including phenoxy) is 1. The average molecular weight is 459 g/mol. The van der Waals surface area contributed by atoms with Crippen LogP contribution in [-0.2, 0) is 23.0 Å². The maximum absolute atomic E-state index is 12.6. The van der Waals surface area contributed by atoms with E-state index < -0.39 is 0 Å². The first kappa shape index (κ1) is 23.3. The van der Waals surface area contributed by atoms with Gasteiger partial charge < -0.3 is 9.64 Å². The van der Waals surface area contributed by atoms with Gasteiger partial charge in [-0.2, -0.15) is 5.10 Å². The standard InChI is InChI=1S/C25H35ClN4O2/c1-17-13-23(27-29(17)4)19-7-11-21(12-8-19)30-15-24(25(31)28(2)3)32-16-22(30)14-18-5-9-20(26)10-6-18/h5-6,9-10,13,19,21-22,24H,7-8,11-12,14-16H2,1-4H3/t19?,21?,22-,24+/m0/s1. The fourth-order valence-corrected chi connectivity index (χ4v) is 5.29. The zero-order valence-electron chi connectivity index (χ0n) is 19.6. The molecule has 32 heavy (non-hydrogen) atoms. The molecule has 0 unspecified atom stereocenters. The van der Waals surface area contributed by atoms with Crippen LogP contribution >= 0.6 is 11.6 Å². The minimum atomic E-state index is -0.386. The van der Waals surface area contributed by atoms with Gasteiger partial charge in [-0.3, -0.25) is 14.4 Å². The van der Waals surface area contributed by atoms with Gasteiger partial charge in [0.2, 0.25) is 0 Å². The number of amides is 1. The Morgan fingerprint density at radius 2 is 1.88 bits per heavy atom. The third-order valence-electron chi connectivity index (χ3n) is 7.15. The van der Waals surface area contributed by atoms with Gasteiger partial charge in [0.15, 0.2) is 0 Å². The summed E-state index contributed by atoms with van der Waals surface area (Å²) in [7, 11) is 5.62. The van der Waals surface area contributed by atoms with Crippen molar-refractivity contribution in [1.82, 2.24) is 19.6 Å². The number of hydrogen-bond donors (Lipinski definition) is 0. The van der Waals surface area contributed by atoms with E-state index in [1.165, 1.54) is 17.0 Å². The zero-order chi connectivity index (χ0) is 22.8. The highest BCUT2D eigenvalue weighted by atomic mass is 35.5. The van der Waals surface area contributed by atoms with Gasteiger partial charge in [0, 0.05) is 56.4 Å². The van der Waals surface area contributed by atoms with Gasteiger partial charge >= 0.3 is 0 Å². The molecular formula is C25H35ClN4O2. The predicted octanol–water partition coefficient (Wildman–Crippen LogP) is 3.81.